The molecule has 0 radical (unpaired) electrons. The summed E-state index contributed by atoms with van der Waals surface area (Å²) in [6.07, 6.45) is 9.39. The van der Waals surface area contributed by atoms with Crippen LogP contribution in [-0.4, -0.2) is 21.9 Å². The Hall–Kier alpha value is -0.830. The van der Waals surface area contributed by atoms with Gasteiger partial charge in [-0.3, -0.25) is 4.68 Å². The fourth-order valence-electron chi connectivity index (χ4n) is 2.88. The van der Waals surface area contributed by atoms with E-state index in [1.807, 2.05) is 6.20 Å². The fraction of sp³-hybridized carbons (Fsp3) is 0.727. The highest BCUT2D eigenvalue weighted by Crippen LogP contribution is 2.33. The summed E-state index contributed by atoms with van der Waals surface area (Å²) in [4.78, 5) is 0. The second kappa shape index (κ2) is 3.09. The first-order chi connectivity index (χ1) is 6.81. The number of nitrogens with one attached hydrogen (secondary N) is 1. The number of rotatable bonds is 1. The molecule has 1 aromatic heterocycles. The maximum absolute atomic E-state index is 4.43. The molecule has 0 aliphatic carbocycles. The van der Waals surface area contributed by atoms with E-state index in [9.17, 15) is 0 Å². The molecule has 3 heteroatoms. The second-order valence-corrected chi connectivity index (χ2v) is 4.76. The number of aromatic nitrogens is 2. The molecule has 2 unspecified atom stereocenters. The Kier molecular flexibility index (Phi) is 1.87. The average Bonchev–Trinajstić information content (AvgIpc) is 2.73. The van der Waals surface area contributed by atoms with Gasteiger partial charge in [-0.25, -0.2) is 0 Å². The number of piperidine rings is 1. The summed E-state index contributed by atoms with van der Waals surface area (Å²) >= 11 is 0. The van der Waals surface area contributed by atoms with Gasteiger partial charge in [0.25, 0.3) is 0 Å². The normalized spacial score (nSPS) is 36.2. The van der Waals surface area contributed by atoms with Gasteiger partial charge in [-0.2, -0.15) is 5.10 Å². The first-order valence-corrected chi connectivity index (χ1v) is 5.58. The standard InChI is InChI=1S/C11H17N3/c1-8-6-12-14(7-8)11-4-9-2-3-10(5-11)13-9/h6-7,9-11,13H,2-5H2,1H3. The molecule has 2 bridgehead atoms. The van der Waals surface area contributed by atoms with E-state index in [-0.39, 0.29) is 0 Å². The third kappa shape index (κ3) is 1.36. The van der Waals surface area contributed by atoms with E-state index in [0.717, 1.165) is 12.1 Å². The molecule has 0 aromatic carbocycles. The summed E-state index contributed by atoms with van der Waals surface area (Å²) in [6, 6.07) is 2.15. The van der Waals surface area contributed by atoms with Crippen molar-refractivity contribution in [2.75, 3.05) is 0 Å². The molecule has 2 atom stereocenters. The van der Waals surface area contributed by atoms with E-state index in [2.05, 4.69) is 28.2 Å². The topological polar surface area (TPSA) is 29.9 Å². The third-order valence-electron chi connectivity index (χ3n) is 3.55. The quantitative estimate of drug-likeness (QED) is 0.731. The molecule has 14 heavy (non-hydrogen) atoms. The fourth-order valence-corrected chi connectivity index (χ4v) is 2.88. The SMILES string of the molecule is Cc1cnn(C2CC3CCC(C2)N3)c1. The maximum atomic E-state index is 4.43. The molecule has 3 rings (SSSR count). The molecule has 1 aromatic rings. The van der Waals surface area contributed by atoms with Crippen LogP contribution in [0.2, 0.25) is 0 Å². The van der Waals surface area contributed by atoms with E-state index in [1.165, 1.54) is 31.2 Å². The minimum atomic E-state index is 0.641. The molecule has 2 fully saturated rings. The summed E-state index contributed by atoms with van der Waals surface area (Å²) < 4.78 is 2.17. The van der Waals surface area contributed by atoms with Crippen LogP contribution in [-0.2, 0) is 0 Å². The molecule has 0 spiro atoms. The van der Waals surface area contributed by atoms with E-state index in [0.29, 0.717) is 6.04 Å². The third-order valence-corrected chi connectivity index (χ3v) is 3.55. The van der Waals surface area contributed by atoms with E-state index in [4.69, 9.17) is 0 Å². The summed E-state index contributed by atoms with van der Waals surface area (Å²) in [6.45, 7) is 2.11. The van der Waals surface area contributed by atoms with Gasteiger partial charge in [-0.1, -0.05) is 0 Å². The van der Waals surface area contributed by atoms with Crippen LogP contribution in [0, 0.1) is 6.92 Å². The van der Waals surface area contributed by atoms with Crippen molar-refractivity contribution >= 4 is 0 Å². The van der Waals surface area contributed by atoms with Crippen molar-refractivity contribution in [1.29, 1.82) is 0 Å². The number of hydrogen-bond donors (Lipinski definition) is 1. The van der Waals surface area contributed by atoms with Crippen LogP contribution in [0.4, 0.5) is 0 Å². The Labute approximate surface area is 84.5 Å². The van der Waals surface area contributed by atoms with E-state index in [1.54, 1.807) is 0 Å². The largest absolute Gasteiger partial charge is 0.311 e. The second-order valence-electron chi connectivity index (χ2n) is 4.76. The zero-order valence-electron chi connectivity index (χ0n) is 8.61. The molecule has 3 nitrogen and oxygen atoms in total. The highest BCUT2D eigenvalue weighted by Gasteiger charge is 2.34. The summed E-state index contributed by atoms with van der Waals surface area (Å²) in [7, 11) is 0. The zero-order valence-corrected chi connectivity index (χ0v) is 8.61. The lowest BCUT2D eigenvalue weighted by atomic mass is 10.0. The first-order valence-electron chi connectivity index (χ1n) is 5.58. The van der Waals surface area contributed by atoms with Gasteiger partial charge in [0.15, 0.2) is 0 Å². The number of nitrogens with zero attached hydrogens (tertiary/aromatic N) is 2. The van der Waals surface area contributed by atoms with Crippen LogP contribution < -0.4 is 5.32 Å². The molecular weight excluding hydrogens is 174 g/mol. The first kappa shape index (κ1) is 8.48. The molecule has 0 saturated carbocycles. The average molecular weight is 191 g/mol. The smallest absolute Gasteiger partial charge is 0.0548 e. The number of aryl methyl sites for hydroxylation is 1. The minimum Gasteiger partial charge on any atom is -0.311 e. The Morgan fingerprint density at radius 2 is 2.07 bits per heavy atom. The van der Waals surface area contributed by atoms with Crippen LogP contribution in [0.1, 0.15) is 37.3 Å². The van der Waals surface area contributed by atoms with Crippen molar-refractivity contribution in [2.45, 2.75) is 50.7 Å². The highest BCUT2D eigenvalue weighted by molar-refractivity contribution is 5.02. The summed E-state index contributed by atoms with van der Waals surface area (Å²) in [5.41, 5.74) is 1.27. The van der Waals surface area contributed by atoms with Gasteiger partial charge in [0, 0.05) is 18.3 Å². The number of hydrogen-bond acceptors (Lipinski definition) is 2. The van der Waals surface area contributed by atoms with Crippen LogP contribution in [0.5, 0.6) is 0 Å². The molecule has 2 saturated heterocycles. The lowest BCUT2D eigenvalue weighted by Crippen LogP contribution is -2.38. The molecule has 76 valence electrons. The van der Waals surface area contributed by atoms with Crippen LogP contribution in [0.15, 0.2) is 12.4 Å². The molecule has 1 N–H and O–H groups in total. The summed E-state index contributed by atoms with van der Waals surface area (Å²) in [5.74, 6) is 0. The Morgan fingerprint density at radius 1 is 1.36 bits per heavy atom. The molecule has 3 heterocycles. The molecule has 2 aliphatic heterocycles. The Balaban J connectivity index is 1.80. The van der Waals surface area contributed by atoms with Gasteiger partial charge in [-0.05, 0) is 38.2 Å². The lowest BCUT2D eigenvalue weighted by Gasteiger charge is -2.29. The zero-order chi connectivity index (χ0) is 9.54. The Bertz CT molecular complexity index is 319. The van der Waals surface area contributed by atoms with Crippen molar-refractivity contribution in [3.05, 3.63) is 18.0 Å². The molecule has 0 amide bonds. The van der Waals surface area contributed by atoms with Gasteiger partial charge in [0.1, 0.15) is 0 Å². The maximum Gasteiger partial charge on any atom is 0.0548 e. The van der Waals surface area contributed by atoms with Crippen LogP contribution >= 0.6 is 0 Å². The number of fused-ring (bicyclic) bond motifs is 2. The Morgan fingerprint density at radius 3 is 2.64 bits per heavy atom. The van der Waals surface area contributed by atoms with Crippen molar-refractivity contribution < 1.29 is 0 Å². The summed E-state index contributed by atoms with van der Waals surface area (Å²) in [5, 5.41) is 8.08. The highest BCUT2D eigenvalue weighted by atomic mass is 15.3. The van der Waals surface area contributed by atoms with Gasteiger partial charge in [0.05, 0.1) is 12.2 Å². The van der Waals surface area contributed by atoms with Gasteiger partial charge >= 0.3 is 0 Å². The molecular formula is C11H17N3. The van der Waals surface area contributed by atoms with Crippen LogP contribution in [0.3, 0.4) is 0 Å². The van der Waals surface area contributed by atoms with Gasteiger partial charge < -0.3 is 5.32 Å². The van der Waals surface area contributed by atoms with Gasteiger partial charge in [0.2, 0.25) is 0 Å². The predicted molar refractivity (Wildman–Crippen MR) is 55.2 cm³/mol. The van der Waals surface area contributed by atoms with E-state index < -0.39 is 0 Å². The van der Waals surface area contributed by atoms with Crippen molar-refractivity contribution in [3.8, 4) is 0 Å². The minimum absolute atomic E-state index is 0.641. The van der Waals surface area contributed by atoms with Gasteiger partial charge in [-0.15, -0.1) is 0 Å². The molecule has 2 aliphatic rings. The lowest BCUT2D eigenvalue weighted by molar-refractivity contribution is 0.281. The predicted octanol–water partition coefficient (Wildman–Crippen LogP) is 1.65. The van der Waals surface area contributed by atoms with E-state index >= 15 is 0 Å². The van der Waals surface area contributed by atoms with Crippen molar-refractivity contribution in [1.82, 2.24) is 15.1 Å². The van der Waals surface area contributed by atoms with Crippen molar-refractivity contribution in [2.24, 2.45) is 0 Å². The van der Waals surface area contributed by atoms with Crippen LogP contribution in [0.25, 0.3) is 0 Å². The monoisotopic (exact) mass is 191 g/mol. The van der Waals surface area contributed by atoms with Crippen molar-refractivity contribution in [3.63, 3.8) is 0 Å².